The molecule has 0 unspecified atom stereocenters. The molecule has 2 aromatic carbocycles. The summed E-state index contributed by atoms with van der Waals surface area (Å²) in [6.07, 6.45) is 0.858. The summed E-state index contributed by atoms with van der Waals surface area (Å²) in [6.45, 7) is 0. The fraction of sp³-hybridized carbons (Fsp3) is 0.188. The number of carboxylic acid groups (broad SMARTS) is 1. The van der Waals surface area contributed by atoms with Crippen LogP contribution < -0.4 is 34.7 Å². The number of aromatic nitrogens is 2. The minimum absolute atomic E-state index is 0. The largest absolute Gasteiger partial charge is 1.00 e. The van der Waals surface area contributed by atoms with Crippen molar-refractivity contribution in [3.8, 4) is 11.4 Å². The molecule has 3 aromatic rings. The topological polar surface area (TPSA) is 79.0 Å². The number of hydrogen-bond donors (Lipinski definition) is 0. The quantitative estimate of drug-likeness (QED) is 0.563. The zero-order valence-electron chi connectivity index (χ0n) is 12.3. The molecular formula is C16H13N2NaO3. The van der Waals surface area contributed by atoms with E-state index in [1.54, 1.807) is 0 Å². The molecule has 3 rings (SSSR count). The second kappa shape index (κ2) is 7.54. The van der Waals surface area contributed by atoms with Crippen molar-refractivity contribution < 1.29 is 44.0 Å². The number of rotatable bonds is 5. The third kappa shape index (κ3) is 3.74. The van der Waals surface area contributed by atoms with Crippen LogP contribution in [0.25, 0.3) is 22.2 Å². The minimum atomic E-state index is -1.07. The Bertz CT molecular complexity index is 780. The molecule has 6 heteroatoms. The summed E-state index contributed by atoms with van der Waals surface area (Å²) >= 11 is 0. The van der Waals surface area contributed by atoms with Crippen molar-refractivity contribution in [1.29, 1.82) is 0 Å². The zero-order chi connectivity index (χ0) is 14.7. The van der Waals surface area contributed by atoms with E-state index >= 15 is 0 Å². The molecule has 0 spiro atoms. The molecule has 0 amide bonds. The van der Waals surface area contributed by atoms with Crippen molar-refractivity contribution in [1.82, 2.24) is 10.1 Å². The van der Waals surface area contributed by atoms with Gasteiger partial charge in [-0.2, -0.15) is 4.98 Å². The smallest absolute Gasteiger partial charge is 0.550 e. The van der Waals surface area contributed by atoms with Gasteiger partial charge in [-0.1, -0.05) is 47.6 Å². The fourth-order valence-corrected chi connectivity index (χ4v) is 2.27. The maximum atomic E-state index is 10.4. The van der Waals surface area contributed by atoms with Crippen LogP contribution >= 0.6 is 0 Å². The summed E-state index contributed by atoms with van der Waals surface area (Å²) in [5.74, 6) is -0.0989. The van der Waals surface area contributed by atoms with Gasteiger partial charge in [0.1, 0.15) is 0 Å². The number of carboxylic acids is 1. The fourth-order valence-electron chi connectivity index (χ4n) is 2.27. The molecule has 0 fully saturated rings. The average molecular weight is 304 g/mol. The van der Waals surface area contributed by atoms with E-state index in [-0.39, 0.29) is 36.0 Å². The number of aliphatic carboxylic acids is 1. The predicted molar refractivity (Wildman–Crippen MR) is 75.2 cm³/mol. The van der Waals surface area contributed by atoms with E-state index in [4.69, 9.17) is 4.52 Å². The molecule has 0 atom stereocenters. The summed E-state index contributed by atoms with van der Waals surface area (Å²) < 4.78 is 5.18. The Hall–Kier alpha value is -1.69. The molecule has 5 nitrogen and oxygen atoms in total. The minimum Gasteiger partial charge on any atom is -0.550 e. The number of aryl methyl sites for hydroxylation is 1. The van der Waals surface area contributed by atoms with Crippen molar-refractivity contribution in [2.75, 3.05) is 0 Å². The Morgan fingerprint density at radius 2 is 1.91 bits per heavy atom. The summed E-state index contributed by atoms with van der Waals surface area (Å²) in [5.41, 5.74) is 0.906. The van der Waals surface area contributed by atoms with Crippen molar-refractivity contribution in [3.05, 3.63) is 48.4 Å². The summed E-state index contributed by atoms with van der Waals surface area (Å²) in [4.78, 5) is 14.7. The van der Waals surface area contributed by atoms with E-state index in [0.717, 1.165) is 16.3 Å². The van der Waals surface area contributed by atoms with Gasteiger partial charge < -0.3 is 14.4 Å². The van der Waals surface area contributed by atoms with Crippen LogP contribution in [0, 0.1) is 0 Å². The summed E-state index contributed by atoms with van der Waals surface area (Å²) in [6, 6.07) is 13.9. The van der Waals surface area contributed by atoms with Crippen molar-refractivity contribution >= 4 is 16.7 Å². The summed E-state index contributed by atoms with van der Waals surface area (Å²) in [5, 5.41) is 16.5. The maximum absolute atomic E-state index is 10.4. The normalized spacial score (nSPS) is 10.4. The van der Waals surface area contributed by atoms with Crippen LogP contribution in [0.15, 0.2) is 47.0 Å². The van der Waals surface area contributed by atoms with E-state index in [1.165, 1.54) is 0 Å². The van der Waals surface area contributed by atoms with Gasteiger partial charge in [0, 0.05) is 18.0 Å². The number of carbonyl (C=O) groups excluding carboxylic acids is 1. The summed E-state index contributed by atoms with van der Waals surface area (Å²) in [7, 11) is 0. The molecule has 0 saturated heterocycles. The van der Waals surface area contributed by atoms with Crippen molar-refractivity contribution in [2.45, 2.75) is 19.3 Å². The van der Waals surface area contributed by atoms with Crippen LogP contribution in [0.2, 0.25) is 0 Å². The van der Waals surface area contributed by atoms with Gasteiger partial charge in [0.15, 0.2) is 0 Å². The molecule has 0 radical (unpaired) electrons. The molecule has 22 heavy (non-hydrogen) atoms. The Morgan fingerprint density at radius 3 is 2.73 bits per heavy atom. The Kier molecular flexibility index (Phi) is 5.71. The molecule has 0 aliphatic heterocycles. The molecule has 0 aliphatic carbocycles. The van der Waals surface area contributed by atoms with Crippen molar-refractivity contribution in [3.63, 3.8) is 0 Å². The number of hydrogen-bond acceptors (Lipinski definition) is 5. The molecular weight excluding hydrogens is 291 g/mol. The number of carbonyl (C=O) groups is 1. The van der Waals surface area contributed by atoms with E-state index in [0.29, 0.717) is 24.6 Å². The first-order valence-corrected chi connectivity index (χ1v) is 6.74. The van der Waals surface area contributed by atoms with Gasteiger partial charge in [-0.05, 0) is 23.6 Å². The van der Waals surface area contributed by atoms with E-state index in [9.17, 15) is 9.90 Å². The first-order chi connectivity index (χ1) is 10.2. The third-order valence-electron chi connectivity index (χ3n) is 3.27. The average Bonchev–Trinajstić information content (AvgIpc) is 2.95. The number of benzene rings is 2. The Morgan fingerprint density at radius 1 is 1.14 bits per heavy atom. The van der Waals surface area contributed by atoms with Gasteiger partial charge in [0.25, 0.3) is 0 Å². The van der Waals surface area contributed by atoms with Gasteiger partial charge in [-0.15, -0.1) is 0 Å². The second-order valence-electron chi connectivity index (χ2n) is 4.76. The van der Waals surface area contributed by atoms with Crippen LogP contribution in [-0.4, -0.2) is 16.1 Å². The molecule has 1 aromatic heterocycles. The SMILES string of the molecule is O=C([O-])CCCc1nc(-c2cccc3ccccc23)no1.[Na+]. The molecule has 106 valence electrons. The van der Waals surface area contributed by atoms with Gasteiger partial charge in [0.05, 0.1) is 0 Å². The first-order valence-electron chi connectivity index (χ1n) is 6.74. The number of fused-ring (bicyclic) bond motifs is 1. The molecule has 1 heterocycles. The van der Waals surface area contributed by atoms with Gasteiger partial charge >= 0.3 is 29.6 Å². The van der Waals surface area contributed by atoms with Crippen LogP contribution in [0.1, 0.15) is 18.7 Å². The van der Waals surface area contributed by atoms with E-state index < -0.39 is 5.97 Å². The first kappa shape index (κ1) is 16.7. The van der Waals surface area contributed by atoms with E-state index in [1.807, 2.05) is 42.5 Å². The Labute approximate surface area is 149 Å². The van der Waals surface area contributed by atoms with Crippen LogP contribution in [0.5, 0.6) is 0 Å². The van der Waals surface area contributed by atoms with Crippen molar-refractivity contribution in [2.24, 2.45) is 0 Å². The van der Waals surface area contributed by atoms with E-state index in [2.05, 4.69) is 10.1 Å². The van der Waals surface area contributed by atoms with Gasteiger partial charge in [0.2, 0.25) is 11.7 Å². The molecule has 0 saturated carbocycles. The Balaban J connectivity index is 0.00000176. The number of nitrogens with zero attached hydrogens (tertiary/aromatic N) is 2. The second-order valence-corrected chi connectivity index (χ2v) is 4.76. The van der Waals surface area contributed by atoms with Crippen LogP contribution in [0.4, 0.5) is 0 Å². The predicted octanol–water partition coefficient (Wildman–Crippen LogP) is -1.03. The van der Waals surface area contributed by atoms with Gasteiger partial charge in [-0.3, -0.25) is 0 Å². The molecule has 0 aliphatic rings. The zero-order valence-corrected chi connectivity index (χ0v) is 14.3. The standard InChI is InChI=1S/C16H14N2O3.Na/c19-15(20)10-4-9-14-17-16(18-21-14)13-8-3-6-11-5-1-2-7-12(11)13;/h1-3,5-8H,4,9-10H2,(H,19,20);/q;+1/p-1. The monoisotopic (exact) mass is 304 g/mol. The molecule has 0 N–H and O–H groups in total. The van der Waals surface area contributed by atoms with Gasteiger partial charge in [-0.25, -0.2) is 0 Å². The molecule has 0 bridgehead atoms. The van der Waals surface area contributed by atoms with Crippen LogP contribution in [0.3, 0.4) is 0 Å². The third-order valence-corrected chi connectivity index (χ3v) is 3.27. The maximum Gasteiger partial charge on any atom is 1.00 e. The van der Waals surface area contributed by atoms with Crippen LogP contribution in [-0.2, 0) is 11.2 Å².